The van der Waals surface area contributed by atoms with Crippen LogP contribution in [-0.4, -0.2) is 13.4 Å². The van der Waals surface area contributed by atoms with Crippen molar-refractivity contribution < 1.29 is 8.42 Å². The Bertz CT molecular complexity index is 1060. The normalized spacial score (nSPS) is 17.0. The van der Waals surface area contributed by atoms with E-state index in [0.717, 1.165) is 11.1 Å². The average molecular weight is 360 g/mol. The Kier molecular flexibility index (Phi) is 3.69. The number of pyridine rings is 1. The number of nitrogens with one attached hydrogen (secondary N) is 2. The summed E-state index contributed by atoms with van der Waals surface area (Å²) in [5.41, 5.74) is 1.27. The highest BCUT2D eigenvalue weighted by molar-refractivity contribution is 7.89. The number of allylic oxidation sites excluding steroid dienone is 1. The van der Waals surface area contributed by atoms with Crippen molar-refractivity contribution in [3.8, 4) is 0 Å². The monoisotopic (exact) mass is 360 g/mol. The molecule has 6 heteroatoms. The van der Waals surface area contributed by atoms with Crippen LogP contribution in [0.1, 0.15) is 52.8 Å². The molecule has 5 nitrogen and oxygen atoms in total. The second-order valence-electron chi connectivity index (χ2n) is 8.65. The number of aromatic nitrogens is 1. The van der Waals surface area contributed by atoms with Gasteiger partial charge >= 0.3 is 0 Å². The third-order valence-corrected chi connectivity index (χ3v) is 5.85. The molecule has 1 aromatic heterocycles. The second-order valence-corrected chi connectivity index (χ2v) is 10.3. The van der Waals surface area contributed by atoms with Crippen LogP contribution < -0.4 is 10.3 Å². The van der Waals surface area contributed by atoms with Crippen molar-refractivity contribution in [1.82, 2.24) is 9.71 Å². The molecule has 0 radical (unpaired) electrons. The molecule has 2 N–H and O–H groups in total. The molecule has 0 fully saturated rings. The molecule has 2 aromatic rings. The van der Waals surface area contributed by atoms with E-state index in [4.69, 9.17) is 0 Å². The zero-order valence-electron chi connectivity index (χ0n) is 15.4. The minimum atomic E-state index is -3.69. The van der Waals surface area contributed by atoms with Gasteiger partial charge in [-0.15, -0.1) is 0 Å². The lowest BCUT2D eigenvalue weighted by Crippen LogP contribution is -2.33. The first-order valence-corrected chi connectivity index (χ1v) is 9.74. The molecule has 0 unspecified atom stereocenters. The molecular formula is C19H24N2O3S. The number of aromatic amines is 1. The van der Waals surface area contributed by atoms with E-state index in [2.05, 4.69) is 9.71 Å². The molecule has 3 rings (SSSR count). The molecule has 0 saturated heterocycles. The molecule has 2 heterocycles. The summed E-state index contributed by atoms with van der Waals surface area (Å²) in [7, 11) is -3.69. The summed E-state index contributed by atoms with van der Waals surface area (Å²) >= 11 is 0. The van der Waals surface area contributed by atoms with Gasteiger partial charge in [0.2, 0.25) is 0 Å². The van der Waals surface area contributed by atoms with Crippen LogP contribution in [0.3, 0.4) is 0 Å². The number of H-pyrrole nitrogens is 1. The van der Waals surface area contributed by atoms with Crippen molar-refractivity contribution in [3.63, 3.8) is 0 Å². The Morgan fingerprint density at radius 3 is 2.12 bits per heavy atom. The molecular weight excluding hydrogens is 336 g/mol. The van der Waals surface area contributed by atoms with Crippen molar-refractivity contribution in [2.45, 2.75) is 51.9 Å². The lowest BCUT2D eigenvalue weighted by atomic mass is 9.89. The molecule has 25 heavy (non-hydrogen) atoms. The van der Waals surface area contributed by atoms with E-state index in [1.54, 1.807) is 6.07 Å². The van der Waals surface area contributed by atoms with Crippen LogP contribution in [0.15, 0.2) is 33.6 Å². The van der Waals surface area contributed by atoms with Crippen LogP contribution in [0.2, 0.25) is 0 Å². The van der Waals surface area contributed by atoms with Gasteiger partial charge in [0.1, 0.15) is 0 Å². The van der Waals surface area contributed by atoms with E-state index in [9.17, 15) is 13.2 Å². The first kappa shape index (κ1) is 17.7. The van der Waals surface area contributed by atoms with Crippen LogP contribution in [0.4, 0.5) is 0 Å². The lowest BCUT2D eigenvalue weighted by molar-refractivity contribution is 0.481. The van der Waals surface area contributed by atoms with E-state index in [1.165, 1.54) is 6.07 Å². The first-order chi connectivity index (χ1) is 11.3. The summed E-state index contributed by atoms with van der Waals surface area (Å²) < 4.78 is 27.9. The predicted molar refractivity (Wildman–Crippen MR) is 101 cm³/mol. The summed E-state index contributed by atoms with van der Waals surface area (Å²) in [5, 5.41) is 1.12. The van der Waals surface area contributed by atoms with E-state index < -0.39 is 10.0 Å². The number of benzene rings is 1. The molecule has 1 aromatic carbocycles. The molecule has 0 bridgehead atoms. The van der Waals surface area contributed by atoms with E-state index >= 15 is 0 Å². The third kappa shape index (κ3) is 3.11. The summed E-state index contributed by atoms with van der Waals surface area (Å²) in [6, 6.07) is 5.18. The van der Waals surface area contributed by atoms with Gasteiger partial charge in [-0.1, -0.05) is 41.5 Å². The molecule has 0 atom stereocenters. The Morgan fingerprint density at radius 2 is 1.56 bits per heavy atom. The zero-order valence-corrected chi connectivity index (χ0v) is 16.3. The lowest BCUT2D eigenvalue weighted by Gasteiger charge is -2.28. The van der Waals surface area contributed by atoms with Gasteiger partial charge in [-0.25, -0.2) is 8.42 Å². The largest absolute Gasteiger partial charge is 0.325 e. The maximum atomic E-state index is 12.6. The van der Waals surface area contributed by atoms with Gasteiger partial charge in [0.15, 0.2) is 0 Å². The Balaban J connectivity index is 2.36. The molecule has 1 aliphatic rings. The summed E-state index contributed by atoms with van der Waals surface area (Å²) in [4.78, 5) is 15.5. The fourth-order valence-corrected chi connectivity index (χ4v) is 4.28. The standard InChI is InChI=1S/C19H24N2O3S/c1-18(2,3)15-8-11-7-12-9-16(19(4,5)6)21-25(23,24)14(12)10-13(11)17(22)20-15/h7-10,21H,1-6H3,(H,20,22). The van der Waals surface area contributed by atoms with Gasteiger partial charge in [0.05, 0.1) is 4.90 Å². The van der Waals surface area contributed by atoms with Crippen molar-refractivity contribution >= 4 is 26.9 Å². The fourth-order valence-electron chi connectivity index (χ4n) is 2.82. The smallest absolute Gasteiger partial charge is 0.262 e. The van der Waals surface area contributed by atoms with Crippen LogP contribution in [0, 0.1) is 5.41 Å². The minimum Gasteiger partial charge on any atom is -0.325 e. The molecule has 0 aliphatic carbocycles. The second kappa shape index (κ2) is 5.21. The van der Waals surface area contributed by atoms with Crippen LogP contribution in [-0.2, 0) is 15.4 Å². The first-order valence-electron chi connectivity index (χ1n) is 8.26. The van der Waals surface area contributed by atoms with Gasteiger partial charge < -0.3 is 4.98 Å². The average Bonchev–Trinajstić information content (AvgIpc) is 2.43. The minimum absolute atomic E-state index is 0.141. The summed E-state index contributed by atoms with van der Waals surface area (Å²) in [6.45, 7) is 11.9. The van der Waals surface area contributed by atoms with Gasteiger partial charge in [-0.3, -0.25) is 9.52 Å². The van der Waals surface area contributed by atoms with E-state index in [0.29, 0.717) is 16.6 Å². The molecule has 1 aliphatic heterocycles. The summed E-state index contributed by atoms with van der Waals surface area (Å²) in [5.74, 6) is 0. The molecule has 0 saturated carbocycles. The SMILES string of the molecule is CC(C)(C)C1=Cc2cc3cc(C(C)(C)C)[nH]c(=O)c3cc2S(=O)(=O)N1. The molecule has 0 spiro atoms. The van der Waals surface area contributed by atoms with E-state index in [1.807, 2.05) is 53.7 Å². The van der Waals surface area contributed by atoms with Crippen molar-refractivity contribution in [2.24, 2.45) is 5.41 Å². The van der Waals surface area contributed by atoms with Crippen molar-refractivity contribution in [2.75, 3.05) is 0 Å². The molecule has 0 amide bonds. The highest BCUT2D eigenvalue weighted by Crippen LogP contribution is 2.34. The Labute approximate surface area is 148 Å². The third-order valence-electron chi connectivity index (χ3n) is 4.42. The van der Waals surface area contributed by atoms with Gasteiger partial charge in [-0.2, -0.15) is 0 Å². The van der Waals surface area contributed by atoms with Gasteiger partial charge in [-0.05, 0) is 35.2 Å². The Hall–Kier alpha value is -2.08. The molecule has 134 valence electrons. The topological polar surface area (TPSA) is 79.0 Å². The van der Waals surface area contributed by atoms with Crippen molar-refractivity contribution in [1.29, 1.82) is 0 Å². The van der Waals surface area contributed by atoms with Gasteiger partial charge in [0.25, 0.3) is 15.6 Å². The highest BCUT2D eigenvalue weighted by Gasteiger charge is 2.30. The maximum absolute atomic E-state index is 12.6. The maximum Gasteiger partial charge on any atom is 0.262 e. The number of hydrogen-bond acceptors (Lipinski definition) is 3. The van der Waals surface area contributed by atoms with Crippen molar-refractivity contribution in [3.05, 3.63) is 45.5 Å². The fraction of sp³-hybridized carbons (Fsp3) is 0.421. The zero-order chi connectivity index (χ0) is 18.8. The predicted octanol–water partition coefficient (Wildman–Crippen LogP) is 3.50. The van der Waals surface area contributed by atoms with Crippen LogP contribution in [0.25, 0.3) is 16.8 Å². The quantitative estimate of drug-likeness (QED) is 0.754. The highest BCUT2D eigenvalue weighted by atomic mass is 32.2. The number of rotatable bonds is 0. The van der Waals surface area contributed by atoms with E-state index in [-0.39, 0.29) is 21.3 Å². The number of fused-ring (bicyclic) bond motifs is 2. The summed E-state index contributed by atoms with van der Waals surface area (Å²) in [6.07, 6.45) is 1.85. The number of hydrogen-bond donors (Lipinski definition) is 2. The van der Waals surface area contributed by atoms with Gasteiger partial charge in [0, 0.05) is 27.6 Å². The van der Waals surface area contributed by atoms with Crippen LogP contribution >= 0.6 is 0 Å². The Morgan fingerprint density at radius 1 is 0.920 bits per heavy atom. The number of sulfonamides is 1. The van der Waals surface area contributed by atoms with Crippen LogP contribution in [0.5, 0.6) is 0 Å².